The molecule has 15 heteroatoms. The number of aliphatic hydroxyl groups is 1. The summed E-state index contributed by atoms with van der Waals surface area (Å²) < 4.78 is 0. The maximum Gasteiger partial charge on any atom is 0.246 e. The standard InChI is InChI=1S/C38H50ClN7O6S/c1-21(23-12-14-25(15-13-23)33-22(2)42-20-53-33)43-36(51)29-18-26(47)19-46(29)37(52)34(38(3,4)5)45-31(49)11-7-9-24-8-6-10-28(32(24)39)44-35(50)27(40)16-17-30(41)48/h6,8,10,12-15,20-21,26-27,29,34,47H,7,9,11,16-19,40H2,1-5H3,(H2,41,48)(H,43,51)(H,44,50)(H,45,49)/t21-,26+,27?,29-,34+/m0/s1. The largest absolute Gasteiger partial charge is 0.391 e. The molecule has 5 amide bonds. The molecule has 1 aromatic heterocycles. The van der Waals surface area contributed by atoms with Gasteiger partial charge in [-0.05, 0) is 61.3 Å². The van der Waals surface area contributed by atoms with Crippen molar-refractivity contribution in [2.45, 2.75) is 103 Å². The van der Waals surface area contributed by atoms with Crippen LogP contribution >= 0.6 is 22.9 Å². The van der Waals surface area contributed by atoms with Crippen molar-refractivity contribution in [2.24, 2.45) is 16.9 Å². The van der Waals surface area contributed by atoms with E-state index < -0.39 is 47.4 Å². The van der Waals surface area contributed by atoms with Gasteiger partial charge in [-0.25, -0.2) is 4.98 Å². The van der Waals surface area contributed by atoms with Gasteiger partial charge in [0.25, 0.3) is 0 Å². The van der Waals surface area contributed by atoms with Crippen LogP contribution in [0.5, 0.6) is 0 Å². The van der Waals surface area contributed by atoms with Crippen LogP contribution in [0.3, 0.4) is 0 Å². The third-order valence-corrected chi connectivity index (χ3v) is 10.7. The Kier molecular flexibility index (Phi) is 14.1. The summed E-state index contributed by atoms with van der Waals surface area (Å²) in [6.07, 6.45) is 0.146. The number of hydrogen-bond donors (Lipinski definition) is 6. The number of thiazole rings is 1. The van der Waals surface area contributed by atoms with Gasteiger partial charge in [0.1, 0.15) is 12.1 Å². The number of amides is 5. The van der Waals surface area contributed by atoms with Crippen molar-refractivity contribution in [3.05, 3.63) is 69.8 Å². The number of likely N-dealkylation sites (tertiary alicyclic amines) is 1. The van der Waals surface area contributed by atoms with E-state index in [2.05, 4.69) is 20.9 Å². The lowest BCUT2D eigenvalue weighted by Crippen LogP contribution is -2.57. The molecule has 1 saturated heterocycles. The summed E-state index contributed by atoms with van der Waals surface area (Å²) >= 11 is 8.14. The lowest BCUT2D eigenvalue weighted by molar-refractivity contribution is -0.144. The lowest BCUT2D eigenvalue weighted by atomic mass is 9.85. The van der Waals surface area contributed by atoms with Crippen molar-refractivity contribution in [1.29, 1.82) is 0 Å². The number of rotatable bonds is 15. The van der Waals surface area contributed by atoms with Gasteiger partial charge in [0.2, 0.25) is 29.5 Å². The number of aryl methyl sites for hydroxylation is 2. The molecule has 2 aromatic carbocycles. The molecule has 13 nitrogen and oxygen atoms in total. The minimum absolute atomic E-state index is 0.0217. The van der Waals surface area contributed by atoms with Crippen molar-refractivity contribution < 1.29 is 29.1 Å². The van der Waals surface area contributed by atoms with Gasteiger partial charge in [-0.2, -0.15) is 0 Å². The first kappa shape index (κ1) is 41.4. The molecule has 5 atom stereocenters. The summed E-state index contributed by atoms with van der Waals surface area (Å²) in [5, 5.41) is 19.5. The Morgan fingerprint density at radius 3 is 2.40 bits per heavy atom. The van der Waals surface area contributed by atoms with E-state index in [-0.39, 0.29) is 50.1 Å². The van der Waals surface area contributed by atoms with Crippen LogP contribution < -0.4 is 27.4 Å². The molecule has 0 aliphatic carbocycles. The fraction of sp³-hybridized carbons (Fsp3) is 0.474. The van der Waals surface area contributed by atoms with Gasteiger partial charge in [0.15, 0.2) is 0 Å². The Labute approximate surface area is 319 Å². The number of aliphatic hydroxyl groups excluding tert-OH is 1. The number of aromatic nitrogens is 1. The number of β-amino-alcohol motifs (C(OH)–C–C–N with tert-alkyl or cyclic N) is 1. The Bertz CT molecular complexity index is 1790. The molecule has 53 heavy (non-hydrogen) atoms. The number of nitrogens with one attached hydrogen (secondary N) is 3. The van der Waals surface area contributed by atoms with E-state index in [9.17, 15) is 29.1 Å². The molecule has 4 rings (SSSR count). The molecule has 2 heterocycles. The number of nitrogens with two attached hydrogens (primary N) is 2. The minimum Gasteiger partial charge on any atom is -0.391 e. The van der Waals surface area contributed by atoms with Crippen LogP contribution in [0.4, 0.5) is 5.69 Å². The van der Waals surface area contributed by atoms with Crippen LogP contribution in [0.15, 0.2) is 48.0 Å². The third-order valence-electron chi connectivity index (χ3n) is 9.29. The number of nitrogens with zero attached hydrogens (tertiary/aromatic N) is 2. The number of anilines is 1. The Morgan fingerprint density at radius 2 is 1.77 bits per heavy atom. The maximum absolute atomic E-state index is 14.0. The number of carbonyl (C=O) groups is 5. The lowest BCUT2D eigenvalue weighted by Gasteiger charge is -2.35. The summed E-state index contributed by atoms with van der Waals surface area (Å²) in [5.74, 6) is -2.24. The van der Waals surface area contributed by atoms with Crippen molar-refractivity contribution in [2.75, 3.05) is 11.9 Å². The predicted molar refractivity (Wildman–Crippen MR) is 206 cm³/mol. The average Bonchev–Trinajstić information content (AvgIpc) is 3.72. The molecule has 1 aliphatic rings. The fourth-order valence-electron chi connectivity index (χ4n) is 6.21. The first-order valence-corrected chi connectivity index (χ1v) is 18.9. The molecule has 286 valence electrons. The van der Waals surface area contributed by atoms with E-state index in [1.807, 2.05) is 58.9 Å². The molecular weight excluding hydrogens is 718 g/mol. The number of carbonyl (C=O) groups excluding carboxylic acids is 5. The van der Waals surface area contributed by atoms with Crippen LogP contribution in [-0.4, -0.2) is 75.3 Å². The number of benzene rings is 2. The molecule has 0 spiro atoms. The predicted octanol–water partition coefficient (Wildman–Crippen LogP) is 4.00. The Hall–Kier alpha value is -4.37. The van der Waals surface area contributed by atoms with Gasteiger partial charge in [-0.3, -0.25) is 24.0 Å². The van der Waals surface area contributed by atoms with Crippen molar-refractivity contribution >= 4 is 58.2 Å². The van der Waals surface area contributed by atoms with Crippen molar-refractivity contribution in [1.82, 2.24) is 20.5 Å². The maximum atomic E-state index is 14.0. The highest BCUT2D eigenvalue weighted by atomic mass is 35.5. The van der Waals surface area contributed by atoms with Gasteiger partial charge in [-0.1, -0.05) is 68.8 Å². The van der Waals surface area contributed by atoms with Gasteiger partial charge in [0.05, 0.1) is 45.0 Å². The second-order valence-corrected chi connectivity index (χ2v) is 15.8. The van der Waals surface area contributed by atoms with Crippen LogP contribution in [0.1, 0.15) is 82.7 Å². The fourth-order valence-corrected chi connectivity index (χ4v) is 7.29. The molecule has 1 aliphatic heterocycles. The van der Waals surface area contributed by atoms with E-state index in [0.29, 0.717) is 29.1 Å². The first-order valence-electron chi connectivity index (χ1n) is 17.7. The van der Waals surface area contributed by atoms with E-state index >= 15 is 0 Å². The summed E-state index contributed by atoms with van der Waals surface area (Å²) in [5.41, 5.74) is 16.1. The minimum atomic E-state index is -0.961. The van der Waals surface area contributed by atoms with E-state index in [1.165, 1.54) is 4.90 Å². The third kappa shape index (κ3) is 11.1. The summed E-state index contributed by atoms with van der Waals surface area (Å²) in [6, 6.07) is 9.85. The van der Waals surface area contributed by atoms with Gasteiger partial charge >= 0.3 is 0 Å². The average molecular weight is 768 g/mol. The summed E-state index contributed by atoms with van der Waals surface area (Å²) in [4.78, 5) is 71.2. The van der Waals surface area contributed by atoms with Crippen LogP contribution in [0.2, 0.25) is 5.02 Å². The van der Waals surface area contributed by atoms with Gasteiger partial charge in [0, 0.05) is 25.8 Å². The number of hydrogen-bond acceptors (Lipinski definition) is 9. The first-order chi connectivity index (χ1) is 25.0. The second-order valence-electron chi connectivity index (χ2n) is 14.6. The molecule has 3 aromatic rings. The molecule has 1 fully saturated rings. The van der Waals surface area contributed by atoms with Crippen molar-refractivity contribution in [3.63, 3.8) is 0 Å². The monoisotopic (exact) mass is 767 g/mol. The second kappa shape index (κ2) is 18.1. The molecule has 0 radical (unpaired) electrons. The molecular formula is C38H50ClN7O6S. The van der Waals surface area contributed by atoms with Crippen molar-refractivity contribution in [3.8, 4) is 10.4 Å². The highest BCUT2D eigenvalue weighted by molar-refractivity contribution is 7.13. The zero-order valence-electron chi connectivity index (χ0n) is 30.8. The normalized spacial score (nSPS) is 17.5. The highest BCUT2D eigenvalue weighted by Crippen LogP contribution is 2.30. The van der Waals surface area contributed by atoms with Gasteiger partial charge in [-0.15, -0.1) is 11.3 Å². The topological polar surface area (TPSA) is 210 Å². The SMILES string of the molecule is Cc1ncsc1-c1ccc([C@H](C)NC(=O)[C@@H]2C[C@@H](O)CN2C(=O)[C@@H](NC(=O)CCCc2cccc(NC(=O)C(N)CCC(N)=O)c2Cl)C(C)(C)C)cc1. The Morgan fingerprint density at radius 1 is 1.08 bits per heavy atom. The summed E-state index contributed by atoms with van der Waals surface area (Å²) in [7, 11) is 0. The number of primary amides is 1. The number of halogens is 1. The van der Waals surface area contributed by atoms with Gasteiger partial charge < -0.3 is 37.4 Å². The van der Waals surface area contributed by atoms with Crippen LogP contribution in [0.25, 0.3) is 10.4 Å². The van der Waals surface area contributed by atoms with E-state index in [1.54, 1.807) is 35.0 Å². The smallest absolute Gasteiger partial charge is 0.246 e. The summed E-state index contributed by atoms with van der Waals surface area (Å²) in [6.45, 7) is 9.28. The molecule has 1 unspecified atom stereocenters. The quantitative estimate of drug-likeness (QED) is 0.133. The van der Waals surface area contributed by atoms with Crippen LogP contribution in [0, 0.1) is 12.3 Å². The van der Waals surface area contributed by atoms with Crippen LogP contribution in [-0.2, 0) is 30.4 Å². The molecule has 0 bridgehead atoms. The zero-order chi connectivity index (χ0) is 39.0. The highest BCUT2D eigenvalue weighted by Gasteiger charge is 2.44. The zero-order valence-corrected chi connectivity index (χ0v) is 32.4. The molecule has 0 saturated carbocycles. The van der Waals surface area contributed by atoms with E-state index in [4.69, 9.17) is 23.1 Å². The molecule has 8 N–H and O–H groups in total. The Balaban J connectivity index is 1.35. The van der Waals surface area contributed by atoms with E-state index in [0.717, 1.165) is 21.7 Å².